The quantitative estimate of drug-likeness (QED) is 0.418. The molecule has 0 amide bonds. The second-order valence-electron chi connectivity index (χ2n) is 12.8. The first kappa shape index (κ1) is 22.1. The molecule has 5 aliphatic rings. The van der Waals surface area contributed by atoms with E-state index in [-0.39, 0.29) is 22.7 Å². The van der Waals surface area contributed by atoms with Gasteiger partial charge in [-0.3, -0.25) is 0 Å². The highest BCUT2D eigenvalue weighted by molar-refractivity contribution is 5.45. The fourth-order valence-electron chi connectivity index (χ4n) is 8.23. The second kappa shape index (κ2) is 7.57. The number of rotatable bonds is 1. The van der Waals surface area contributed by atoms with Crippen molar-refractivity contribution in [3.05, 3.63) is 41.0 Å². The first-order valence-electron chi connectivity index (χ1n) is 13.2. The molecule has 33 heavy (non-hydrogen) atoms. The number of fused-ring (bicyclic) bond motifs is 4. The van der Waals surface area contributed by atoms with Gasteiger partial charge in [0.25, 0.3) is 0 Å². The molecule has 0 bridgehead atoms. The Morgan fingerprint density at radius 2 is 1.67 bits per heavy atom. The molecule has 180 valence electrons. The third kappa shape index (κ3) is 3.51. The fourth-order valence-corrected chi connectivity index (χ4v) is 8.23. The van der Waals surface area contributed by atoms with Crippen LogP contribution in [0.4, 0.5) is 5.69 Å². The summed E-state index contributed by atoms with van der Waals surface area (Å²) in [6, 6.07) is 8.57. The zero-order chi connectivity index (χ0) is 23.0. The summed E-state index contributed by atoms with van der Waals surface area (Å²) in [5.41, 5.74) is 11.8. The molecule has 4 aliphatic carbocycles. The van der Waals surface area contributed by atoms with Crippen molar-refractivity contribution in [2.75, 3.05) is 18.9 Å². The molecule has 3 N–H and O–H groups in total. The number of nitrogens with two attached hydrogens (primary N) is 1. The van der Waals surface area contributed by atoms with Gasteiger partial charge in [0.2, 0.25) is 0 Å². The van der Waals surface area contributed by atoms with Crippen molar-refractivity contribution >= 4 is 5.69 Å². The molecule has 1 aromatic rings. The zero-order valence-corrected chi connectivity index (χ0v) is 20.6. The summed E-state index contributed by atoms with van der Waals surface area (Å²) in [6.07, 6.45) is 8.55. The minimum atomic E-state index is -0.374. The van der Waals surface area contributed by atoms with Crippen LogP contribution in [-0.4, -0.2) is 30.2 Å². The highest BCUT2D eigenvalue weighted by Gasteiger charge is 2.57. The van der Waals surface area contributed by atoms with Crippen molar-refractivity contribution < 1.29 is 14.6 Å². The molecule has 1 saturated heterocycles. The highest BCUT2D eigenvalue weighted by atomic mass is 16.7. The molecule has 6 atom stereocenters. The largest absolute Gasteiger partial charge is 0.399 e. The van der Waals surface area contributed by atoms with Gasteiger partial charge in [-0.15, -0.1) is 0 Å². The smallest absolute Gasteiger partial charge is 0.169 e. The summed E-state index contributed by atoms with van der Waals surface area (Å²) >= 11 is 0. The van der Waals surface area contributed by atoms with E-state index in [0.29, 0.717) is 23.7 Å². The molecule has 0 radical (unpaired) electrons. The molecule has 6 rings (SSSR count). The minimum Gasteiger partial charge on any atom is -0.399 e. The summed E-state index contributed by atoms with van der Waals surface area (Å²) < 4.78 is 12.9. The lowest BCUT2D eigenvalue weighted by Gasteiger charge is -2.55. The Labute approximate surface area is 198 Å². The van der Waals surface area contributed by atoms with Crippen molar-refractivity contribution in [2.24, 2.45) is 28.6 Å². The Bertz CT molecular complexity index is 940. The van der Waals surface area contributed by atoms with Crippen molar-refractivity contribution in [3.8, 4) is 0 Å². The van der Waals surface area contributed by atoms with Gasteiger partial charge in [-0.25, -0.2) is 0 Å². The van der Waals surface area contributed by atoms with E-state index in [1.54, 1.807) is 11.1 Å². The van der Waals surface area contributed by atoms with Crippen molar-refractivity contribution in [1.82, 2.24) is 0 Å². The van der Waals surface area contributed by atoms with Crippen LogP contribution in [0.25, 0.3) is 0 Å². The molecular weight excluding hydrogens is 410 g/mol. The van der Waals surface area contributed by atoms with E-state index in [9.17, 15) is 5.11 Å². The molecule has 1 aliphatic heterocycles. The third-order valence-corrected chi connectivity index (χ3v) is 10.1. The van der Waals surface area contributed by atoms with Gasteiger partial charge in [-0.2, -0.15) is 0 Å². The fraction of sp³-hybridized carbons (Fsp3) is 0.724. The average molecular weight is 452 g/mol. The number of benzene rings is 1. The Balaban J connectivity index is 1.38. The van der Waals surface area contributed by atoms with Crippen molar-refractivity contribution in [2.45, 2.75) is 89.9 Å². The third-order valence-electron chi connectivity index (χ3n) is 10.1. The minimum absolute atomic E-state index is 0.0185. The summed E-state index contributed by atoms with van der Waals surface area (Å²) in [5, 5.41) is 11.1. The molecule has 3 saturated carbocycles. The predicted octanol–water partition coefficient (Wildman–Crippen LogP) is 5.81. The van der Waals surface area contributed by atoms with Crippen LogP contribution in [0.15, 0.2) is 35.4 Å². The molecule has 4 fully saturated rings. The van der Waals surface area contributed by atoms with Gasteiger partial charge in [0.1, 0.15) is 0 Å². The molecule has 0 aromatic heterocycles. The highest BCUT2D eigenvalue weighted by Crippen LogP contribution is 2.64. The summed E-state index contributed by atoms with van der Waals surface area (Å²) in [6.45, 7) is 8.41. The molecule has 6 unspecified atom stereocenters. The molecule has 1 aromatic carbocycles. The number of nitrogen functional groups attached to an aromatic ring is 1. The predicted molar refractivity (Wildman–Crippen MR) is 131 cm³/mol. The van der Waals surface area contributed by atoms with Gasteiger partial charge in [-0.1, -0.05) is 44.1 Å². The van der Waals surface area contributed by atoms with Crippen LogP contribution in [0.5, 0.6) is 0 Å². The lowest BCUT2D eigenvalue weighted by molar-refractivity contribution is -0.312. The van der Waals surface area contributed by atoms with Crippen LogP contribution in [0.2, 0.25) is 0 Å². The van der Waals surface area contributed by atoms with E-state index >= 15 is 0 Å². The Kier molecular flexibility index (Phi) is 5.07. The monoisotopic (exact) mass is 451 g/mol. The maximum absolute atomic E-state index is 11.1. The number of hydrogen-bond acceptors (Lipinski definition) is 4. The standard InChI is InChI=1S/C29H41NO3/c1-27(2)16-32-29(33-17-27)13-12-21-19(14-29)6-9-22-24-10-11-25(31)28(24,3)15-23(26(21)22)18-4-7-20(30)8-5-18/h4-5,7-8,19,22-25,31H,6,9-17,30H2,1-3H3. The van der Waals surface area contributed by atoms with Gasteiger partial charge >= 0.3 is 0 Å². The van der Waals surface area contributed by atoms with Gasteiger partial charge in [0.05, 0.1) is 19.3 Å². The Morgan fingerprint density at radius 1 is 0.939 bits per heavy atom. The maximum Gasteiger partial charge on any atom is 0.169 e. The summed E-state index contributed by atoms with van der Waals surface area (Å²) in [7, 11) is 0. The molecule has 4 heteroatoms. The zero-order valence-electron chi connectivity index (χ0n) is 20.6. The maximum atomic E-state index is 11.1. The van der Waals surface area contributed by atoms with Gasteiger partial charge in [0.15, 0.2) is 5.79 Å². The van der Waals surface area contributed by atoms with Gasteiger partial charge in [0, 0.05) is 29.9 Å². The lowest BCUT2D eigenvalue weighted by atomic mass is 9.52. The number of allylic oxidation sites excluding steroid dienone is 2. The first-order chi connectivity index (χ1) is 15.7. The van der Waals surface area contributed by atoms with E-state index < -0.39 is 0 Å². The number of aliphatic hydroxyl groups is 1. The number of aliphatic hydroxyl groups excluding tert-OH is 1. The molecule has 1 spiro atoms. The lowest BCUT2D eigenvalue weighted by Crippen LogP contribution is -2.52. The van der Waals surface area contributed by atoms with Crippen LogP contribution in [0, 0.1) is 28.6 Å². The van der Waals surface area contributed by atoms with Crippen molar-refractivity contribution in [1.29, 1.82) is 0 Å². The Morgan fingerprint density at radius 3 is 2.39 bits per heavy atom. The first-order valence-corrected chi connectivity index (χ1v) is 13.2. The van der Waals surface area contributed by atoms with Crippen LogP contribution in [-0.2, 0) is 9.47 Å². The van der Waals surface area contributed by atoms with Crippen molar-refractivity contribution in [3.63, 3.8) is 0 Å². The normalized spacial score (nSPS) is 41.4. The van der Waals surface area contributed by atoms with Crippen LogP contribution < -0.4 is 5.73 Å². The Hall–Kier alpha value is -1.36. The van der Waals surface area contributed by atoms with Crippen LogP contribution >= 0.6 is 0 Å². The van der Waals surface area contributed by atoms with E-state index in [4.69, 9.17) is 15.2 Å². The van der Waals surface area contributed by atoms with Crippen LogP contribution in [0.1, 0.15) is 83.6 Å². The van der Waals surface area contributed by atoms with Gasteiger partial charge in [-0.05, 0) is 79.4 Å². The SMILES string of the molecule is CC1(C)COC2(CCC3=C4C(c5ccc(N)cc5)CC5(C)C(O)CCC5C4CCC3C2)OC1. The van der Waals surface area contributed by atoms with Crippen LogP contribution in [0.3, 0.4) is 0 Å². The average Bonchev–Trinajstić information content (AvgIpc) is 3.10. The van der Waals surface area contributed by atoms with Gasteiger partial charge < -0.3 is 20.3 Å². The summed E-state index contributed by atoms with van der Waals surface area (Å²) in [4.78, 5) is 0. The summed E-state index contributed by atoms with van der Waals surface area (Å²) in [5.74, 6) is 1.80. The number of hydrogen-bond donors (Lipinski definition) is 2. The molecular formula is C29H41NO3. The second-order valence-corrected chi connectivity index (χ2v) is 12.8. The number of ether oxygens (including phenoxy) is 2. The molecule has 1 heterocycles. The van der Waals surface area contributed by atoms with E-state index in [2.05, 4.69) is 45.0 Å². The van der Waals surface area contributed by atoms with E-state index in [0.717, 1.165) is 51.0 Å². The number of anilines is 1. The molecule has 4 nitrogen and oxygen atoms in total. The van der Waals surface area contributed by atoms with E-state index in [1.807, 2.05) is 0 Å². The topological polar surface area (TPSA) is 64.7 Å². The van der Waals surface area contributed by atoms with E-state index in [1.165, 1.54) is 24.8 Å².